The third-order valence-electron chi connectivity index (χ3n) is 4.24. The summed E-state index contributed by atoms with van der Waals surface area (Å²) in [5.74, 6) is -0.136. The molecule has 0 saturated carbocycles. The molecule has 1 unspecified atom stereocenters. The summed E-state index contributed by atoms with van der Waals surface area (Å²) in [6.07, 6.45) is 0.702. The summed E-state index contributed by atoms with van der Waals surface area (Å²) < 4.78 is 0. The van der Waals surface area contributed by atoms with Crippen LogP contribution in [0.5, 0.6) is 0 Å². The van der Waals surface area contributed by atoms with Gasteiger partial charge in [0, 0.05) is 22.7 Å². The molecule has 9 nitrogen and oxygen atoms in total. The summed E-state index contributed by atoms with van der Waals surface area (Å²) >= 11 is 7.58. The number of imidazole rings is 1. The molecule has 0 aliphatic heterocycles. The number of hydrogen-bond donors (Lipinski definition) is 3. The Balaban J connectivity index is 1.68. The van der Waals surface area contributed by atoms with Gasteiger partial charge < -0.3 is 16.5 Å². The van der Waals surface area contributed by atoms with Crippen LogP contribution in [0.4, 0.5) is 5.69 Å². The molecule has 3 aromatic rings. The summed E-state index contributed by atoms with van der Waals surface area (Å²) in [6, 6.07) is 10.1. The fraction of sp³-hybridized carbons (Fsp3) is 0.118. The first-order valence-electron chi connectivity index (χ1n) is 8.17. The summed E-state index contributed by atoms with van der Waals surface area (Å²) in [6.45, 7) is 0. The highest BCUT2D eigenvalue weighted by atomic mass is 35.5. The van der Waals surface area contributed by atoms with Crippen molar-refractivity contribution in [1.29, 1.82) is 0 Å². The van der Waals surface area contributed by atoms with Crippen molar-refractivity contribution in [3.05, 3.63) is 62.7 Å². The summed E-state index contributed by atoms with van der Waals surface area (Å²) in [5.41, 5.74) is 14.8. The molecule has 0 spiro atoms. The number of guanidine groups is 1. The Morgan fingerprint density at radius 2 is 2.14 bits per heavy atom. The van der Waals surface area contributed by atoms with E-state index in [0.29, 0.717) is 33.3 Å². The van der Waals surface area contributed by atoms with Gasteiger partial charge in [0.25, 0.3) is 5.69 Å². The molecular weight excluding hydrogens is 402 g/mol. The molecule has 0 radical (unpaired) electrons. The number of H-pyrrole nitrogens is 1. The number of nitrogens with zero attached hydrogens (tertiary/aromatic N) is 4. The van der Waals surface area contributed by atoms with E-state index < -0.39 is 4.92 Å². The Morgan fingerprint density at radius 1 is 1.32 bits per heavy atom. The van der Waals surface area contributed by atoms with E-state index in [-0.39, 0.29) is 16.9 Å². The number of hydrogen-bond acceptors (Lipinski definition) is 6. The van der Waals surface area contributed by atoms with Crippen molar-refractivity contribution in [3.63, 3.8) is 0 Å². The number of nitrogens with one attached hydrogen (secondary N) is 1. The Morgan fingerprint density at radius 3 is 2.89 bits per heavy atom. The molecule has 4 rings (SSSR count). The van der Waals surface area contributed by atoms with Crippen molar-refractivity contribution in [2.24, 2.45) is 21.7 Å². The van der Waals surface area contributed by atoms with E-state index in [2.05, 4.69) is 20.2 Å². The number of rotatable bonds is 4. The highest BCUT2D eigenvalue weighted by Gasteiger charge is 2.31. The van der Waals surface area contributed by atoms with Crippen LogP contribution in [0.25, 0.3) is 11.0 Å². The number of aromatic nitrogens is 2. The van der Waals surface area contributed by atoms with Crippen LogP contribution in [0.2, 0.25) is 5.02 Å². The molecule has 1 aliphatic rings. The van der Waals surface area contributed by atoms with E-state index >= 15 is 0 Å². The van der Waals surface area contributed by atoms with Crippen molar-refractivity contribution in [2.45, 2.75) is 16.8 Å². The van der Waals surface area contributed by atoms with Crippen LogP contribution in [0.1, 0.15) is 11.1 Å². The Kier molecular flexibility index (Phi) is 4.65. The predicted octanol–water partition coefficient (Wildman–Crippen LogP) is 2.82. The average molecular weight is 416 g/mol. The monoisotopic (exact) mass is 415 g/mol. The first-order valence-corrected chi connectivity index (χ1v) is 9.42. The second kappa shape index (κ2) is 7.13. The molecule has 0 fully saturated rings. The quantitative estimate of drug-likeness (QED) is 0.258. The maximum Gasteiger partial charge on any atom is 0.271 e. The van der Waals surface area contributed by atoms with Gasteiger partial charge in [0.1, 0.15) is 0 Å². The van der Waals surface area contributed by atoms with Crippen molar-refractivity contribution in [3.8, 4) is 0 Å². The first kappa shape index (κ1) is 18.3. The van der Waals surface area contributed by atoms with Crippen LogP contribution in [-0.2, 0) is 6.42 Å². The Hall–Kier alpha value is -3.11. The molecule has 28 heavy (non-hydrogen) atoms. The average Bonchev–Trinajstić information content (AvgIpc) is 3.19. The molecule has 142 valence electrons. The normalized spacial score (nSPS) is 17.0. The summed E-state index contributed by atoms with van der Waals surface area (Å²) in [7, 11) is 0. The first-order chi connectivity index (χ1) is 13.4. The standard InChI is InChI=1S/C17H14ClN7O2S/c18-9-2-1-8-5-14(15(11(8)6-9)23-24-16(19)20)28-17-21-12-4-3-10(25(26)27)7-13(12)22-17/h1-4,6-7,14H,5H2,(H,21,22)(H4,19,20,24)/b23-15+. The zero-order valence-electron chi connectivity index (χ0n) is 14.3. The fourth-order valence-corrected chi connectivity index (χ4v) is 4.35. The van der Waals surface area contributed by atoms with Gasteiger partial charge in [-0.3, -0.25) is 10.1 Å². The largest absolute Gasteiger partial charge is 0.369 e. The maximum absolute atomic E-state index is 11.0. The van der Waals surface area contributed by atoms with Gasteiger partial charge in [-0.05, 0) is 30.2 Å². The van der Waals surface area contributed by atoms with Crippen molar-refractivity contribution < 1.29 is 4.92 Å². The van der Waals surface area contributed by atoms with Crippen LogP contribution < -0.4 is 11.5 Å². The molecule has 0 bridgehead atoms. The van der Waals surface area contributed by atoms with Gasteiger partial charge >= 0.3 is 0 Å². The molecule has 1 aromatic heterocycles. The lowest BCUT2D eigenvalue weighted by atomic mass is 10.1. The highest BCUT2D eigenvalue weighted by molar-refractivity contribution is 8.00. The predicted molar refractivity (Wildman–Crippen MR) is 110 cm³/mol. The van der Waals surface area contributed by atoms with Gasteiger partial charge in [0.2, 0.25) is 5.96 Å². The number of nitrogens with two attached hydrogens (primary N) is 2. The molecule has 1 heterocycles. The van der Waals surface area contributed by atoms with E-state index in [4.69, 9.17) is 23.1 Å². The van der Waals surface area contributed by atoms with E-state index in [1.165, 1.54) is 23.9 Å². The van der Waals surface area contributed by atoms with E-state index in [0.717, 1.165) is 11.1 Å². The SMILES string of the molecule is NC(N)=N/N=C1\c2cc(Cl)ccc2CC1Sc1nc2ccc([N+](=O)[O-])cc2[nH]1. The van der Waals surface area contributed by atoms with Gasteiger partial charge in [-0.1, -0.05) is 29.4 Å². The van der Waals surface area contributed by atoms with Gasteiger partial charge in [-0.25, -0.2) is 4.98 Å². The molecule has 1 atom stereocenters. The smallest absolute Gasteiger partial charge is 0.271 e. The molecule has 5 N–H and O–H groups in total. The number of thioether (sulfide) groups is 1. The lowest BCUT2D eigenvalue weighted by Gasteiger charge is -2.07. The lowest BCUT2D eigenvalue weighted by molar-refractivity contribution is -0.384. The van der Waals surface area contributed by atoms with E-state index in [1.54, 1.807) is 6.07 Å². The van der Waals surface area contributed by atoms with Gasteiger partial charge in [-0.2, -0.15) is 5.10 Å². The van der Waals surface area contributed by atoms with E-state index in [9.17, 15) is 10.1 Å². The Labute approximate surface area is 168 Å². The van der Waals surface area contributed by atoms with Crippen LogP contribution >= 0.6 is 23.4 Å². The minimum Gasteiger partial charge on any atom is -0.369 e. The number of nitro benzene ring substituents is 1. The minimum atomic E-state index is -0.440. The van der Waals surface area contributed by atoms with Crippen molar-refractivity contribution in [2.75, 3.05) is 0 Å². The second-order valence-electron chi connectivity index (χ2n) is 6.12. The van der Waals surface area contributed by atoms with E-state index in [1.807, 2.05) is 18.2 Å². The number of nitro groups is 1. The topological polar surface area (TPSA) is 149 Å². The third-order valence-corrected chi connectivity index (χ3v) is 5.57. The van der Waals surface area contributed by atoms with Crippen molar-refractivity contribution in [1.82, 2.24) is 9.97 Å². The number of benzene rings is 2. The number of aromatic amines is 1. The minimum absolute atomic E-state index is 0.00521. The van der Waals surface area contributed by atoms with Crippen molar-refractivity contribution >= 4 is 51.8 Å². The Bertz CT molecular complexity index is 1150. The maximum atomic E-state index is 11.0. The van der Waals surface area contributed by atoms with Crippen LogP contribution in [0, 0.1) is 10.1 Å². The molecule has 0 amide bonds. The second-order valence-corrected chi connectivity index (χ2v) is 7.75. The molecular formula is C17H14ClN7O2S. The zero-order valence-corrected chi connectivity index (χ0v) is 15.9. The zero-order chi connectivity index (χ0) is 19.8. The number of non-ortho nitro benzene ring substituents is 1. The number of halogens is 1. The van der Waals surface area contributed by atoms with Crippen LogP contribution in [-0.4, -0.2) is 31.8 Å². The highest BCUT2D eigenvalue weighted by Crippen LogP contribution is 2.36. The molecule has 11 heteroatoms. The van der Waals surface area contributed by atoms with Gasteiger partial charge in [0.15, 0.2) is 5.16 Å². The lowest BCUT2D eigenvalue weighted by Crippen LogP contribution is -2.22. The fourth-order valence-electron chi connectivity index (χ4n) is 3.04. The van der Waals surface area contributed by atoms with Gasteiger partial charge in [-0.15, -0.1) is 5.10 Å². The third kappa shape index (κ3) is 3.51. The summed E-state index contributed by atoms with van der Waals surface area (Å²) in [4.78, 5) is 18.1. The van der Waals surface area contributed by atoms with Gasteiger partial charge in [0.05, 0.1) is 26.9 Å². The molecule has 2 aromatic carbocycles. The van der Waals surface area contributed by atoms with Crippen LogP contribution in [0.15, 0.2) is 51.8 Å². The van der Waals surface area contributed by atoms with Crippen LogP contribution in [0.3, 0.4) is 0 Å². The summed E-state index contributed by atoms with van der Waals surface area (Å²) in [5, 5.41) is 20.1. The number of fused-ring (bicyclic) bond motifs is 2. The molecule has 1 aliphatic carbocycles. The molecule has 0 saturated heterocycles.